The van der Waals surface area contributed by atoms with Gasteiger partial charge in [-0.1, -0.05) is 12.1 Å². The molecule has 2 rings (SSSR count). The van der Waals surface area contributed by atoms with E-state index in [1.807, 2.05) is 0 Å². The summed E-state index contributed by atoms with van der Waals surface area (Å²) in [5, 5.41) is 8.90. The van der Waals surface area contributed by atoms with Gasteiger partial charge in [0.25, 0.3) is 5.56 Å². The molecule has 6 nitrogen and oxygen atoms in total. The molecule has 0 aliphatic heterocycles. The molecule has 1 aromatic carbocycles. The molecular weight excluding hydrogens is 294 g/mol. The van der Waals surface area contributed by atoms with Crippen molar-refractivity contribution < 1.29 is 9.53 Å². The highest BCUT2D eigenvalue weighted by molar-refractivity contribution is 6.17. The first-order valence-corrected chi connectivity index (χ1v) is 6.88. The first kappa shape index (κ1) is 15.1. The molecular formula is C14H14ClN3O3. The van der Waals surface area contributed by atoms with Gasteiger partial charge in [0, 0.05) is 23.2 Å². The molecule has 1 aromatic heterocycles. The van der Waals surface area contributed by atoms with Gasteiger partial charge in [-0.25, -0.2) is 9.89 Å². The Kier molecular flexibility index (Phi) is 5.34. The average Bonchev–Trinajstić information content (AvgIpc) is 2.49. The van der Waals surface area contributed by atoms with Crippen LogP contribution >= 0.6 is 11.6 Å². The number of benzene rings is 1. The minimum Gasteiger partial charge on any atom is -0.449 e. The van der Waals surface area contributed by atoms with E-state index in [9.17, 15) is 9.59 Å². The summed E-state index contributed by atoms with van der Waals surface area (Å²) in [6, 6.07) is 10.1. The number of amides is 1. The molecule has 7 heteroatoms. The van der Waals surface area contributed by atoms with Crippen molar-refractivity contribution in [1.29, 1.82) is 0 Å². The summed E-state index contributed by atoms with van der Waals surface area (Å²) >= 11 is 5.49. The second-order valence-electron chi connectivity index (χ2n) is 4.19. The van der Waals surface area contributed by atoms with Crippen LogP contribution in [0, 0.1) is 0 Å². The van der Waals surface area contributed by atoms with E-state index < -0.39 is 6.09 Å². The second-order valence-corrected chi connectivity index (χ2v) is 4.57. The largest absolute Gasteiger partial charge is 0.449 e. The van der Waals surface area contributed by atoms with E-state index in [1.54, 1.807) is 30.3 Å². The molecule has 0 unspecified atom stereocenters. The first-order chi connectivity index (χ1) is 10.2. The Labute approximate surface area is 126 Å². The van der Waals surface area contributed by atoms with Gasteiger partial charge in [0.05, 0.1) is 12.3 Å². The topological polar surface area (TPSA) is 84.1 Å². The summed E-state index contributed by atoms with van der Waals surface area (Å²) in [4.78, 5) is 22.4. The minimum atomic E-state index is -0.518. The Hall–Kier alpha value is -2.34. The Morgan fingerprint density at radius 3 is 2.62 bits per heavy atom. The van der Waals surface area contributed by atoms with Crippen LogP contribution in [0.5, 0.6) is 0 Å². The Morgan fingerprint density at radius 1 is 1.24 bits per heavy atom. The highest BCUT2D eigenvalue weighted by Gasteiger charge is 2.04. The maximum absolute atomic E-state index is 11.5. The molecule has 1 amide bonds. The van der Waals surface area contributed by atoms with Crippen molar-refractivity contribution in [3.8, 4) is 11.3 Å². The number of hydrogen-bond donors (Lipinski definition) is 2. The first-order valence-electron chi connectivity index (χ1n) is 6.35. The number of H-pyrrole nitrogens is 1. The quantitative estimate of drug-likeness (QED) is 0.657. The number of carbonyl (C=O) groups is 1. The Morgan fingerprint density at radius 2 is 2.00 bits per heavy atom. The van der Waals surface area contributed by atoms with Crippen LogP contribution in [0.2, 0.25) is 0 Å². The van der Waals surface area contributed by atoms with E-state index in [0.29, 0.717) is 23.7 Å². The predicted octanol–water partition coefficient (Wildman–Crippen LogP) is 2.61. The fourth-order valence-electron chi connectivity index (χ4n) is 1.60. The molecule has 21 heavy (non-hydrogen) atoms. The lowest BCUT2D eigenvalue weighted by Crippen LogP contribution is -2.14. The molecule has 0 atom stereocenters. The Bertz CT molecular complexity index is 635. The van der Waals surface area contributed by atoms with Gasteiger partial charge in [-0.2, -0.15) is 5.10 Å². The molecule has 0 fully saturated rings. The molecule has 0 saturated heterocycles. The number of nitrogens with one attached hydrogen (secondary N) is 2. The highest BCUT2D eigenvalue weighted by atomic mass is 35.5. The van der Waals surface area contributed by atoms with Crippen LogP contribution in [0.4, 0.5) is 10.5 Å². The van der Waals surface area contributed by atoms with Crippen LogP contribution in [0.3, 0.4) is 0 Å². The summed E-state index contributed by atoms with van der Waals surface area (Å²) in [5.74, 6) is 0.453. The monoisotopic (exact) mass is 307 g/mol. The molecule has 2 N–H and O–H groups in total. The molecule has 1 heterocycles. The fourth-order valence-corrected chi connectivity index (χ4v) is 1.71. The Balaban J connectivity index is 1.97. The van der Waals surface area contributed by atoms with Gasteiger partial charge < -0.3 is 4.74 Å². The number of nitrogens with zero attached hydrogens (tertiary/aromatic N) is 1. The van der Waals surface area contributed by atoms with Gasteiger partial charge in [-0.3, -0.25) is 10.1 Å². The van der Waals surface area contributed by atoms with Crippen LogP contribution in [-0.4, -0.2) is 28.8 Å². The summed E-state index contributed by atoms with van der Waals surface area (Å²) in [7, 11) is 0. The zero-order valence-corrected chi connectivity index (χ0v) is 11.9. The lowest BCUT2D eigenvalue weighted by Gasteiger charge is -2.07. The third kappa shape index (κ3) is 4.61. The van der Waals surface area contributed by atoms with E-state index in [2.05, 4.69) is 15.5 Å². The maximum Gasteiger partial charge on any atom is 0.411 e. The zero-order valence-electron chi connectivity index (χ0n) is 11.1. The number of aromatic amines is 1. The van der Waals surface area contributed by atoms with Crippen molar-refractivity contribution in [2.24, 2.45) is 0 Å². The molecule has 2 aromatic rings. The number of rotatable bonds is 5. The van der Waals surface area contributed by atoms with Crippen LogP contribution < -0.4 is 10.9 Å². The number of aromatic nitrogens is 2. The van der Waals surface area contributed by atoms with Gasteiger partial charge in [0.2, 0.25) is 0 Å². The van der Waals surface area contributed by atoms with E-state index >= 15 is 0 Å². The normalized spacial score (nSPS) is 10.1. The maximum atomic E-state index is 11.5. The van der Waals surface area contributed by atoms with E-state index in [4.69, 9.17) is 16.3 Å². The molecule has 0 aliphatic carbocycles. The van der Waals surface area contributed by atoms with Crippen LogP contribution in [0.15, 0.2) is 41.2 Å². The van der Waals surface area contributed by atoms with Crippen molar-refractivity contribution in [1.82, 2.24) is 10.2 Å². The van der Waals surface area contributed by atoms with E-state index in [1.165, 1.54) is 6.07 Å². The number of carbonyl (C=O) groups excluding carboxylic acids is 1. The van der Waals surface area contributed by atoms with Gasteiger partial charge in [-0.15, -0.1) is 11.6 Å². The highest BCUT2D eigenvalue weighted by Crippen LogP contribution is 2.18. The fraction of sp³-hybridized carbons (Fsp3) is 0.214. The smallest absolute Gasteiger partial charge is 0.411 e. The number of halogens is 1. The zero-order chi connectivity index (χ0) is 15.1. The third-order valence-corrected chi connectivity index (χ3v) is 2.88. The summed E-state index contributed by atoms with van der Waals surface area (Å²) in [5.41, 5.74) is 1.83. The number of ether oxygens (including phenoxy) is 1. The van der Waals surface area contributed by atoms with Crippen molar-refractivity contribution >= 4 is 23.4 Å². The number of alkyl halides is 1. The van der Waals surface area contributed by atoms with Crippen molar-refractivity contribution in [2.75, 3.05) is 17.8 Å². The average molecular weight is 308 g/mol. The van der Waals surface area contributed by atoms with Gasteiger partial charge in [-0.05, 0) is 24.6 Å². The molecule has 0 aliphatic rings. The molecule has 0 saturated carbocycles. The third-order valence-electron chi connectivity index (χ3n) is 2.62. The standard InChI is InChI=1S/C14H14ClN3O3/c15-8-1-9-21-14(20)16-11-4-2-10(3-5-11)12-6-7-13(19)18-17-12/h2-7H,1,8-9H2,(H,16,20)(H,18,19). The number of hydrogen-bond acceptors (Lipinski definition) is 4. The van der Waals surface area contributed by atoms with Crippen molar-refractivity contribution in [2.45, 2.75) is 6.42 Å². The van der Waals surface area contributed by atoms with Crippen LogP contribution in [0.25, 0.3) is 11.3 Å². The minimum absolute atomic E-state index is 0.253. The molecule has 0 bridgehead atoms. The lowest BCUT2D eigenvalue weighted by atomic mass is 10.1. The summed E-state index contributed by atoms with van der Waals surface area (Å²) in [6.45, 7) is 0.286. The second kappa shape index (κ2) is 7.44. The van der Waals surface area contributed by atoms with Gasteiger partial charge >= 0.3 is 6.09 Å². The van der Waals surface area contributed by atoms with Crippen molar-refractivity contribution in [3.05, 3.63) is 46.8 Å². The van der Waals surface area contributed by atoms with E-state index in [0.717, 1.165) is 5.56 Å². The number of anilines is 1. The van der Waals surface area contributed by atoms with Crippen LogP contribution in [-0.2, 0) is 4.74 Å². The lowest BCUT2D eigenvalue weighted by molar-refractivity contribution is 0.162. The SMILES string of the molecule is O=C(Nc1ccc(-c2ccc(=O)[nH]n2)cc1)OCCCCl. The van der Waals surface area contributed by atoms with E-state index in [-0.39, 0.29) is 12.2 Å². The predicted molar refractivity (Wildman–Crippen MR) is 80.6 cm³/mol. The molecule has 0 spiro atoms. The summed E-state index contributed by atoms with van der Waals surface area (Å²) < 4.78 is 4.93. The molecule has 0 radical (unpaired) electrons. The summed E-state index contributed by atoms with van der Waals surface area (Å²) in [6.07, 6.45) is 0.0984. The molecule has 110 valence electrons. The van der Waals surface area contributed by atoms with Gasteiger partial charge in [0.15, 0.2) is 0 Å². The van der Waals surface area contributed by atoms with Crippen LogP contribution in [0.1, 0.15) is 6.42 Å². The van der Waals surface area contributed by atoms with Gasteiger partial charge in [0.1, 0.15) is 0 Å². The van der Waals surface area contributed by atoms with Crippen molar-refractivity contribution in [3.63, 3.8) is 0 Å².